The summed E-state index contributed by atoms with van der Waals surface area (Å²) in [6.07, 6.45) is 21.9. The number of Topliss-reactive ketones (excluding diaryl/α,β-unsaturated/α-hetero) is 1. The summed E-state index contributed by atoms with van der Waals surface area (Å²) >= 11 is 0. The van der Waals surface area contributed by atoms with Gasteiger partial charge in [0, 0.05) is 11.1 Å². The number of carbonyl (C=O) groups excluding carboxylic acids is 1. The van der Waals surface area contributed by atoms with Gasteiger partial charge in [0.2, 0.25) is 5.75 Å². The minimum absolute atomic E-state index is 0.0724. The van der Waals surface area contributed by atoms with E-state index in [9.17, 15) is 4.79 Å². The van der Waals surface area contributed by atoms with Crippen LogP contribution < -0.4 is 14.2 Å². The molecule has 1 rings (SSSR count). The van der Waals surface area contributed by atoms with Crippen LogP contribution in [0.2, 0.25) is 0 Å². The first-order valence-corrected chi connectivity index (χ1v) is 16.2. The van der Waals surface area contributed by atoms with E-state index in [4.69, 9.17) is 14.2 Å². The molecule has 0 aromatic heterocycles. The van der Waals surface area contributed by atoms with E-state index in [1.165, 1.54) is 70.6 Å². The van der Waals surface area contributed by atoms with Gasteiger partial charge < -0.3 is 14.2 Å². The molecule has 0 bridgehead atoms. The van der Waals surface area contributed by atoms with Gasteiger partial charge in [-0.05, 0) is 45.1 Å². The molecule has 0 aliphatic rings. The molecule has 0 spiro atoms. The molecule has 0 saturated heterocycles. The Balaban J connectivity index is 3.21. The highest BCUT2D eigenvalue weighted by Gasteiger charge is 2.24. The van der Waals surface area contributed by atoms with Crippen LogP contribution in [0.5, 0.6) is 17.2 Å². The van der Waals surface area contributed by atoms with E-state index in [0.717, 1.165) is 74.0 Å². The van der Waals surface area contributed by atoms with Crippen molar-refractivity contribution in [2.75, 3.05) is 19.8 Å². The Bertz CT molecular complexity index is 728. The van der Waals surface area contributed by atoms with Crippen LogP contribution in [0.15, 0.2) is 6.07 Å². The van der Waals surface area contributed by atoms with Crippen LogP contribution in [-0.2, 0) is 6.42 Å². The second-order valence-electron chi connectivity index (χ2n) is 10.9. The molecular weight excluding hydrogens is 472 g/mol. The molecule has 0 N–H and O–H groups in total. The van der Waals surface area contributed by atoms with Gasteiger partial charge in [0.25, 0.3) is 0 Å². The molecular formula is C34H60O4. The maximum absolute atomic E-state index is 12.8. The van der Waals surface area contributed by atoms with E-state index in [1.54, 1.807) is 6.92 Å². The number of carbonyl (C=O) groups is 1. The number of hydrogen-bond donors (Lipinski definition) is 0. The fourth-order valence-corrected chi connectivity index (χ4v) is 4.81. The quantitative estimate of drug-likeness (QED) is 0.0879. The summed E-state index contributed by atoms with van der Waals surface area (Å²) in [5.41, 5.74) is 1.74. The van der Waals surface area contributed by atoms with Crippen molar-refractivity contribution in [1.82, 2.24) is 0 Å². The molecule has 0 fully saturated rings. The van der Waals surface area contributed by atoms with E-state index < -0.39 is 0 Å². The summed E-state index contributed by atoms with van der Waals surface area (Å²) in [5.74, 6) is 2.24. The molecule has 0 atom stereocenters. The lowest BCUT2D eigenvalue weighted by atomic mass is 9.96. The van der Waals surface area contributed by atoms with E-state index in [0.29, 0.717) is 25.6 Å². The summed E-state index contributed by atoms with van der Waals surface area (Å²) in [4.78, 5) is 12.8. The van der Waals surface area contributed by atoms with Crippen molar-refractivity contribution >= 4 is 5.78 Å². The van der Waals surface area contributed by atoms with Gasteiger partial charge in [-0.1, -0.05) is 118 Å². The molecule has 1 aromatic carbocycles. The lowest BCUT2D eigenvalue weighted by molar-refractivity contribution is 0.101. The van der Waals surface area contributed by atoms with Crippen LogP contribution in [0.1, 0.15) is 166 Å². The van der Waals surface area contributed by atoms with Gasteiger partial charge in [-0.3, -0.25) is 4.79 Å². The van der Waals surface area contributed by atoms with Gasteiger partial charge in [0.15, 0.2) is 17.3 Å². The zero-order valence-corrected chi connectivity index (χ0v) is 25.8. The Morgan fingerprint density at radius 2 is 0.974 bits per heavy atom. The molecule has 0 aliphatic heterocycles. The third kappa shape index (κ3) is 14.4. The Morgan fingerprint density at radius 1 is 0.553 bits per heavy atom. The van der Waals surface area contributed by atoms with Crippen LogP contribution >= 0.6 is 0 Å². The van der Waals surface area contributed by atoms with E-state index >= 15 is 0 Å². The second-order valence-corrected chi connectivity index (χ2v) is 10.9. The zero-order chi connectivity index (χ0) is 27.8. The van der Waals surface area contributed by atoms with Gasteiger partial charge in [-0.2, -0.15) is 0 Å². The largest absolute Gasteiger partial charge is 0.490 e. The van der Waals surface area contributed by atoms with Crippen molar-refractivity contribution < 1.29 is 19.0 Å². The second kappa shape index (κ2) is 23.2. The maximum Gasteiger partial charge on any atom is 0.203 e. The molecule has 0 aliphatic carbocycles. The number of hydrogen-bond acceptors (Lipinski definition) is 4. The standard InChI is InChI=1S/C34H60O4/c1-6-10-14-17-21-25-36-32-28-31(29(5)35)30(24-20-13-9-4)33(37-26-22-18-15-11-7-2)34(32)38-27-23-19-16-12-8-3/h28H,6-27H2,1-5H3. The van der Waals surface area contributed by atoms with Crippen LogP contribution in [0.25, 0.3) is 0 Å². The maximum atomic E-state index is 12.8. The number of unbranched alkanes of at least 4 members (excludes halogenated alkanes) is 14. The average molecular weight is 533 g/mol. The number of ether oxygens (including phenoxy) is 3. The van der Waals surface area contributed by atoms with Gasteiger partial charge in [-0.25, -0.2) is 0 Å². The predicted octanol–water partition coefficient (Wildman–Crippen LogP) is 10.7. The van der Waals surface area contributed by atoms with E-state index in [2.05, 4.69) is 27.7 Å². The van der Waals surface area contributed by atoms with Crippen LogP contribution in [0.4, 0.5) is 0 Å². The molecule has 0 saturated carbocycles. The first-order chi connectivity index (χ1) is 18.6. The Morgan fingerprint density at radius 3 is 1.45 bits per heavy atom. The van der Waals surface area contributed by atoms with Crippen molar-refractivity contribution in [2.45, 2.75) is 157 Å². The lowest BCUT2D eigenvalue weighted by Gasteiger charge is -2.22. The number of benzene rings is 1. The monoisotopic (exact) mass is 532 g/mol. The highest BCUT2D eigenvalue weighted by atomic mass is 16.5. The fourth-order valence-electron chi connectivity index (χ4n) is 4.81. The summed E-state index contributed by atoms with van der Waals surface area (Å²) in [7, 11) is 0. The summed E-state index contributed by atoms with van der Waals surface area (Å²) in [6.45, 7) is 12.5. The Kier molecular flexibility index (Phi) is 21.0. The topological polar surface area (TPSA) is 44.8 Å². The molecule has 0 amide bonds. The van der Waals surface area contributed by atoms with Crippen molar-refractivity contribution in [2.24, 2.45) is 0 Å². The summed E-state index contributed by atoms with van der Waals surface area (Å²) in [6, 6.07) is 1.94. The zero-order valence-electron chi connectivity index (χ0n) is 25.8. The van der Waals surface area contributed by atoms with Crippen LogP contribution in [-0.4, -0.2) is 25.6 Å². The van der Waals surface area contributed by atoms with Gasteiger partial charge in [0.1, 0.15) is 0 Å². The molecule has 4 nitrogen and oxygen atoms in total. The summed E-state index contributed by atoms with van der Waals surface area (Å²) < 4.78 is 19.3. The average Bonchev–Trinajstić information content (AvgIpc) is 2.91. The highest BCUT2D eigenvalue weighted by Crippen LogP contribution is 2.44. The minimum Gasteiger partial charge on any atom is -0.490 e. The number of ketones is 1. The fraction of sp³-hybridized carbons (Fsp3) is 0.794. The van der Waals surface area contributed by atoms with Gasteiger partial charge in [-0.15, -0.1) is 0 Å². The SMILES string of the molecule is CCCCCCCOc1cc(C(C)=O)c(CCCCC)c(OCCCCCCC)c1OCCCCCCC. The third-order valence-electron chi connectivity index (χ3n) is 7.21. The van der Waals surface area contributed by atoms with Crippen molar-refractivity contribution in [3.63, 3.8) is 0 Å². The molecule has 0 heterocycles. The molecule has 0 unspecified atom stereocenters. The normalized spacial score (nSPS) is 11.1. The minimum atomic E-state index is 0.0724. The molecule has 38 heavy (non-hydrogen) atoms. The Labute approximate surface area is 235 Å². The highest BCUT2D eigenvalue weighted by molar-refractivity contribution is 5.97. The van der Waals surface area contributed by atoms with E-state index in [1.807, 2.05) is 6.07 Å². The first kappa shape index (κ1) is 34.3. The predicted molar refractivity (Wildman–Crippen MR) is 162 cm³/mol. The van der Waals surface area contributed by atoms with Crippen molar-refractivity contribution in [3.05, 3.63) is 17.2 Å². The van der Waals surface area contributed by atoms with Crippen LogP contribution in [0.3, 0.4) is 0 Å². The van der Waals surface area contributed by atoms with E-state index in [-0.39, 0.29) is 5.78 Å². The van der Waals surface area contributed by atoms with Crippen molar-refractivity contribution in [3.8, 4) is 17.2 Å². The van der Waals surface area contributed by atoms with Crippen molar-refractivity contribution in [1.29, 1.82) is 0 Å². The lowest BCUT2D eigenvalue weighted by Crippen LogP contribution is -2.12. The van der Waals surface area contributed by atoms with Gasteiger partial charge in [0.05, 0.1) is 19.8 Å². The molecule has 1 aromatic rings. The third-order valence-corrected chi connectivity index (χ3v) is 7.21. The summed E-state index contributed by atoms with van der Waals surface area (Å²) in [5, 5.41) is 0. The van der Waals surface area contributed by atoms with Crippen LogP contribution in [0, 0.1) is 0 Å². The smallest absolute Gasteiger partial charge is 0.203 e. The Hall–Kier alpha value is -1.71. The van der Waals surface area contributed by atoms with Gasteiger partial charge >= 0.3 is 0 Å². The molecule has 0 radical (unpaired) electrons. The molecule has 4 heteroatoms. The molecule has 220 valence electrons. The first-order valence-electron chi connectivity index (χ1n) is 16.2. The number of rotatable bonds is 26.